The van der Waals surface area contributed by atoms with Gasteiger partial charge < -0.3 is 10.1 Å². The number of esters is 1. The summed E-state index contributed by atoms with van der Waals surface area (Å²) in [5.74, 6) is -1.02. The standard InChI is InChI=1S/C21H25ClN2O5S2/c1-4-29-21(26)19-14-8-5-6-11-17(14)30-20(19)23-18(25)12-24(31(3,27)28)16-10-7-9-15(22)13(16)2/h7,9-10H,4-6,8,11-12H2,1-3H3,(H,23,25). The van der Waals surface area contributed by atoms with Crippen LogP contribution in [0, 0.1) is 6.92 Å². The van der Waals surface area contributed by atoms with Gasteiger partial charge in [0.15, 0.2) is 0 Å². The summed E-state index contributed by atoms with van der Waals surface area (Å²) in [5, 5.41) is 3.57. The molecule has 0 radical (unpaired) electrons. The number of halogens is 1. The largest absolute Gasteiger partial charge is 0.462 e. The molecule has 1 aromatic carbocycles. The summed E-state index contributed by atoms with van der Waals surface area (Å²) < 4.78 is 31.1. The number of thiophene rings is 1. The van der Waals surface area contributed by atoms with Crippen LogP contribution in [0.5, 0.6) is 0 Å². The molecule has 10 heteroatoms. The number of fused-ring (bicyclic) bond motifs is 1. The van der Waals surface area contributed by atoms with E-state index in [-0.39, 0.29) is 6.61 Å². The van der Waals surface area contributed by atoms with Crippen LogP contribution in [0.15, 0.2) is 18.2 Å². The van der Waals surface area contributed by atoms with E-state index in [2.05, 4.69) is 5.32 Å². The van der Waals surface area contributed by atoms with E-state index in [0.29, 0.717) is 26.8 Å². The Labute approximate surface area is 191 Å². The topological polar surface area (TPSA) is 92.8 Å². The van der Waals surface area contributed by atoms with E-state index in [9.17, 15) is 18.0 Å². The molecule has 0 bridgehead atoms. The molecule has 1 aromatic heterocycles. The van der Waals surface area contributed by atoms with Crippen molar-refractivity contribution in [3.8, 4) is 0 Å². The molecule has 1 amide bonds. The molecule has 0 fully saturated rings. The van der Waals surface area contributed by atoms with Gasteiger partial charge in [0.05, 0.1) is 24.1 Å². The van der Waals surface area contributed by atoms with Gasteiger partial charge in [-0.25, -0.2) is 13.2 Å². The molecule has 0 spiro atoms. The number of nitrogens with zero attached hydrogens (tertiary/aromatic N) is 1. The van der Waals surface area contributed by atoms with Crippen LogP contribution in [-0.4, -0.2) is 39.7 Å². The molecule has 31 heavy (non-hydrogen) atoms. The Balaban J connectivity index is 1.91. The van der Waals surface area contributed by atoms with Gasteiger partial charge in [-0.05, 0) is 62.8 Å². The Bertz CT molecular complexity index is 1110. The van der Waals surface area contributed by atoms with Crippen molar-refractivity contribution < 1.29 is 22.7 Å². The number of carbonyl (C=O) groups excluding carboxylic acids is 2. The Kier molecular flexibility index (Phi) is 7.28. The van der Waals surface area contributed by atoms with Gasteiger partial charge in [0, 0.05) is 9.90 Å². The third-order valence-electron chi connectivity index (χ3n) is 5.10. The molecule has 0 saturated heterocycles. The zero-order valence-electron chi connectivity index (χ0n) is 17.7. The molecule has 1 aliphatic carbocycles. The van der Waals surface area contributed by atoms with Crippen LogP contribution in [-0.2, 0) is 32.4 Å². The number of hydrogen-bond acceptors (Lipinski definition) is 6. The molecular formula is C21H25ClN2O5S2. The van der Waals surface area contributed by atoms with Crippen LogP contribution in [0.2, 0.25) is 5.02 Å². The SMILES string of the molecule is CCOC(=O)c1c(NC(=O)CN(c2cccc(Cl)c2C)S(C)(=O)=O)sc2c1CCCC2. The maximum Gasteiger partial charge on any atom is 0.341 e. The molecule has 1 aliphatic rings. The van der Waals surface area contributed by atoms with E-state index < -0.39 is 28.4 Å². The maximum absolute atomic E-state index is 12.9. The smallest absolute Gasteiger partial charge is 0.341 e. The average molecular weight is 485 g/mol. The molecule has 168 valence electrons. The van der Waals surface area contributed by atoms with Gasteiger partial charge in [0.1, 0.15) is 11.5 Å². The minimum Gasteiger partial charge on any atom is -0.462 e. The number of benzene rings is 1. The zero-order chi connectivity index (χ0) is 22.8. The Morgan fingerprint density at radius 2 is 1.97 bits per heavy atom. The molecule has 0 saturated carbocycles. The van der Waals surface area contributed by atoms with Crippen LogP contribution in [0.3, 0.4) is 0 Å². The monoisotopic (exact) mass is 484 g/mol. The van der Waals surface area contributed by atoms with Crippen molar-refractivity contribution >= 4 is 55.5 Å². The minimum absolute atomic E-state index is 0.229. The number of rotatable bonds is 7. The molecule has 0 atom stereocenters. The van der Waals surface area contributed by atoms with Crippen molar-refractivity contribution in [1.82, 2.24) is 0 Å². The molecule has 0 aliphatic heterocycles. The Morgan fingerprint density at radius 1 is 1.26 bits per heavy atom. The van der Waals surface area contributed by atoms with E-state index >= 15 is 0 Å². The van der Waals surface area contributed by atoms with Crippen LogP contribution >= 0.6 is 22.9 Å². The van der Waals surface area contributed by atoms with E-state index in [0.717, 1.165) is 46.7 Å². The molecule has 2 aromatic rings. The summed E-state index contributed by atoms with van der Waals surface area (Å²) in [6, 6.07) is 4.89. The van der Waals surface area contributed by atoms with Gasteiger partial charge in [-0.2, -0.15) is 0 Å². The van der Waals surface area contributed by atoms with Crippen LogP contribution in [0.4, 0.5) is 10.7 Å². The zero-order valence-corrected chi connectivity index (χ0v) is 20.0. The number of ether oxygens (including phenoxy) is 1. The number of carbonyl (C=O) groups is 2. The molecule has 7 nitrogen and oxygen atoms in total. The van der Waals surface area contributed by atoms with E-state index in [4.69, 9.17) is 16.3 Å². The lowest BCUT2D eigenvalue weighted by atomic mass is 9.95. The highest BCUT2D eigenvalue weighted by molar-refractivity contribution is 7.92. The molecule has 1 heterocycles. The second-order valence-electron chi connectivity index (χ2n) is 7.34. The second kappa shape index (κ2) is 9.58. The molecular weight excluding hydrogens is 460 g/mol. The van der Waals surface area contributed by atoms with Crippen molar-refractivity contribution in [2.75, 3.05) is 29.0 Å². The van der Waals surface area contributed by atoms with Crippen molar-refractivity contribution in [3.63, 3.8) is 0 Å². The van der Waals surface area contributed by atoms with Crippen molar-refractivity contribution in [1.29, 1.82) is 0 Å². The summed E-state index contributed by atoms with van der Waals surface area (Å²) in [7, 11) is -3.76. The number of aryl methyl sites for hydroxylation is 1. The number of amides is 1. The Hall–Kier alpha value is -2.10. The lowest BCUT2D eigenvalue weighted by molar-refractivity contribution is -0.114. The van der Waals surface area contributed by atoms with Gasteiger partial charge in [-0.3, -0.25) is 9.10 Å². The quantitative estimate of drug-likeness (QED) is 0.595. The maximum atomic E-state index is 12.9. The summed E-state index contributed by atoms with van der Waals surface area (Å²) in [6.45, 7) is 3.21. The van der Waals surface area contributed by atoms with Crippen LogP contribution < -0.4 is 9.62 Å². The summed E-state index contributed by atoms with van der Waals surface area (Å²) in [6.07, 6.45) is 4.64. The minimum atomic E-state index is -3.76. The lowest BCUT2D eigenvalue weighted by Gasteiger charge is -2.24. The highest BCUT2D eigenvalue weighted by Gasteiger charge is 2.29. The summed E-state index contributed by atoms with van der Waals surface area (Å²) >= 11 is 7.50. The predicted octanol–water partition coefficient (Wildman–Crippen LogP) is 4.17. The number of hydrogen-bond donors (Lipinski definition) is 1. The molecule has 1 N–H and O–H groups in total. The Morgan fingerprint density at radius 3 is 2.65 bits per heavy atom. The third-order valence-corrected chi connectivity index (χ3v) is 7.84. The van der Waals surface area contributed by atoms with Crippen molar-refractivity contribution in [2.45, 2.75) is 39.5 Å². The fraction of sp³-hybridized carbons (Fsp3) is 0.429. The second-order valence-corrected chi connectivity index (χ2v) is 10.8. The first kappa shape index (κ1) is 23.6. The van der Waals surface area contributed by atoms with Crippen LogP contribution in [0.25, 0.3) is 0 Å². The lowest BCUT2D eigenvalue weighted by Crippen LogP contribution is -2.38. The number of anilines is 2. The van der Waals surface area contributed by atoms with Gasteiger partial charge in [0.2, 0.25) is 15.9 Å². The highest BCUT2D eigenvalue weighted by Crippen LogP contribution is 2.38. The predicted molar refractivity (Wildman–Crippen MR) is 124 cm³/mol. The first-order chi connectivity index (χ1) is 14.6. The van der Waals surface area contributed by atoms with E-state index in [1.807, 2.05) is 0 Å². The highest BCUT2D eigenvalue weighted by atomic mass is 35.5. The van der Waals surface area contributed by atoms with Crippen molar-refractivity contribution in [3.05, 3.63) is 44.8 Å². The number of nitrogens with one attached hydrogen (secondary N) is 1. The van der Waals surface area contributed by atoms with E-state index in [1.54, 1.807) is 32.0 Å². The van der Waals surface area contributed by atoms with Gasteiger partial charge in [-0.15, -0.1) is 11.3 Å². The fourth-order valence-electron chi connectivity index (χ4n) is 3.62. The summed E-state index contributed by atoms with van der Waals surface area (Å²) in [4.78, 5) is 26.5. The van der Waals surface area contributed by atoms with Crippen LogP contribution in [0.1, 0.15) is 46.1 Å². The number of sulfonamides is 1. The molecule has 3 rings (SSSR count). The molecule has 0 unspecified atom stereocenters. The average Bonchev–Trinajstić information content (AvgIpc) is 3.05. The van der Waals surface area contributed by atoms with Crippen molar-refractivity contribution in [2.24, 2.45) is 0 Å². The fourth-order valence-corrected chi connectivity index (χ4v) is 5.99. The van der Waals surface area contributed by atoms with Gasteiger partial charge in [0.25, 0.3) is 0 Å². The third kappa shape index (κ3) is 5.22. The van der Waals surface area contributed by atoms with Gasteiger partial charge in [-0.1, -0.05) is 17.7 Å². The summed E-state index contributed by atoms with van der Waals surface area (Å²) in [5.41, 5.74) is 2.21. The van der Waals surface area contributed by atoms with E-state index in [1.165, 1.54) is 11.3 Å². The first-order valence-corrected chi connectivity index (χ1v) is 13.0. The van der Waals surface area contributed by atoms with Gasteiger partial charge >= 0.3 is 5.97 Å². The normalized spacial score (nSPS) is 13.4. The first-order valence-electron chi connectivity index (χ1n) is 9.97.